The molecule has 1 aliphatic heterocycles. The van der Waals surface area contributed by atoms with E-state index in [1.165, 1.54) is 28.8 Å². The van der Waals surface area contributed by atoms with Crippen LogP contribution in [-0.2, 0) is 0 Å². The predicted octanol–water partition coefficient (Wildman–Crippen LogP) is 4.57. The molecule has 1 fully saturated rings. The Labute approximate surface area is 164 Å². The van der Waals surface area contributed by atoms with Crippen molar-refractivity contribution in [2.45, 2.75) is 32.7 Å². The van der Waals surface area contributed by atoms with Crippen molar-refractivity contribution < 1.29 is 4.74 Å². The van der Waals surface area contributed by atoms with Gasteiger partial charge >= 0.3 is 0 Å². The molecule has 4 rings (SSSR count). The standard InChI is InChI=1S/C21H26N4OS/c1-14-15(2)27-21-19(14)20(23-13-24-21)22-12-18(25-10-4-5-11-25)16-6-8-17(26-3)9-7-16/h6-9,13,18H,4-5,10-12H2,1-3H3,(H,22,23,24). The fourth-order valence-corrected chi connectivity index (χ4v) is 4.84. The van der Waals surface area contributed by atoms with Crippen molar-refractivity contribution in [2.24, 2.45) is 0 Å². The van der Waals surface area contributed by atoms with Crippen LogP contribution in [0.15, 0.2) is 30.6 Å². The number of benzene rings is 1. The lowest BCUT2D eigenvalue weighted by atomic mass is 10.0. The number of thiophene rings is 1. The third kappa shape index (κ3) is 3.64. The number of nitrogens with one attached hydrogen (secondary N) is 1. The summed E-state index contributed by atoms with van der Waals surface area (Å²) in [5.74, 6) is 1.84. The van der Waals surface area contributed by atoms with E-state index in [0.29, 0.717) is 6.04 Å². The third-order valence-electron chi connectivity index (χ3n) is 5.51. The van der Waals surface area contributed by atoms with Crippen molar-refractivity contribution in [1.82, 2.24) is 14.9 Å². The number of ether oxygens (including phenoxy) is 1. The first-order chi connectivity index (χ1) is 13.2. The van der Waals surface area contributed by atoms with Crippen molar-refractivity contribution in [2.75, 3.05) is 32.1 Å². The fraction of sp³-hybridized carbons (Fsp3) is 0.429. The summed E-state index contributed by atoms with van der Waals surface area (Å²) in [5, 5.41) is 4.79. The fourth-order valence-electron chi connectivity index (χ4n) is 3.85. The molecule has 0 aliphatic carbocycles. The smallest absolute Gasteiger partial charge is 0.138 e. The third-order valence-corrected chi connectivity index (χ3v) is 6.63. The Morgan fingerprint density at radius 3 is 2.59 bits per heavy atom. The van der Waals surface area contributed by atoms with Gasteiger partial charge in [0.15, 0.2) is 0 Å². The summed E-state index contributed by atoms with van der Waals surface area (Å²) < 4.78 is 5.32. The summed E-state index contributed by atoms with van der Waals surface area (Å²) in [5.41, 5.74) is 2.59. The molecule has 1 N–H and O–H groups in total. The van der Waals surface area contributed by atoms with Gasteiger partial charge in [-0.05, 0) is 63.0 Å². The number of methoxy groups -OCH3 is 1. The number of aromatic nitrogens is 2. The van der Waals surface area contributed by atoms with Crippen LogP contribution in [0.25, 0.3) is 10.2 Å². The van der Waals surface area contributed by atoms with E-state index in [-0.39, 0.29) is 0 Å². The van der Waals surface area contributed by atoms with Crippen LogP contribution in [0.1, 0.15) is 34.9 Å². The van der Waals surface area contributed by atoms with Gasteiger partial charge in [0.25, 0.3) is 0 Å². The second-order valence-corrected chi connectivity index (χ2v) is 8.30. The van der Waals surface area contributed by atoms with Gasteiger partial charge in [0, 0.05) is 11.4 Å². The van der Waals surface area contributed by atoms with E-state index in [0.717, 1.165) is 41.4 Å². The molecule has 1 aliphatic rings. The van der Waals surface area contributed by atoms with Crippen LogP contribution in [0.4, 0.5) is 5.82 Å². The van der Waals surface area contributed by atoms with Crippen LogP contribution in [0.5, 0.6) is 5.75 Å². The minimum Gasteiger partial charge on any atom is -0.497 e. The zero-order chi connectivity index (χ0) is 18.8. The Morgan fingerprint density at radius 1 is 1.15 bits per heavy atom. The topological polar surface area (TPSA) is 50.3 Å². The molecule has 1 unspecified atom stereocenters. The molecule has 0 spiro atoms. The van der Waals surface area contributed by atoms with Crippen molar-refractivity contribution >= 4 is 27.4 Å². The lowest BCUT2D eigenvalue weighted by Crippen LogP contribution is -2.31. The first-order valence-electron chi connectivity index (χ1n) is 9.50. The second-order valence-electron chi connectivity index (χ2n) is 7.10. The Balaban J connectivity index is 1.60. The van der Waals surface area contributed by atoms with Crippen molar-refractivity contribution in [3.05, 3.63) is 46.6 Å². The largest absolute Gasteiger partial charge is 0.497 e. The summed E-state index contributed by atoms with van der Waals surface area (Å²) >= 11 is 1.74. The Kier molecular flexibility index (Phi) is 5.27. The number of likely N-dealkylation sites (tertiary alicyclic amines) is 1. The highest BCUT2D eigenvalue weighted by molar-refractivity contribution is 7.18. The van der Waals surface area contributed by atoms with Gasteiger partial charge < -0.3 is 10.1 Å². The van der Waals surface area contributed by atoms with E-state index in [1.54, 1.807) is 24.8 Å². The molecule has 5 nitrogen and oxygen atoms in total. The molecule has 6 heteroatoms. The van der Waals surface area contributed by atoms with E-state index in [2.05, 4.69) is 46.2 Å². The predicted molar refractivity (Wildman–Crippen MR) is 112 cm³/mol. The number of nitrogens with zero attached hydrogens (tertiary/aromatic N) is 3. The van der Waals surface area contributed by atoms with Crippen LogP contribution in [-0.4, -0.2) is 41.6 Å². The number of rotatable bonds is 6. The molecule has 142 valence electrons. The van der Waals surface area contributed by atoms with Crippen LogP contribution >= 0.6 is 11.3 Å². The van der Waals surface area contributed by atoms with Crippen LogP contribution < -0.4 is 10.1 Å². The van der Waals surface area contributed by atoms with Gasteiger partial charge in [-0.15, -0.1) is 11.3 Å². The van der Waals surface area contributed by atoms with Gasteiger partial charge in [0.2, 0.25) is 0 Å². The first-order valence-corrected chi connectivity index (χ1v) is 10.3. The molecule has 2 aromatic heterocycles. The summed E-state index contributed by atoms with van der Waals surface area (Å²) in [6, 6.07) is 8.78. The molecule has 0 bridgehead atoms. The molecule has 3 aromatic rings. The zero-order valence-electron chi connectivity index (χ0n) is 16.2. The summed E-state index contributed by atoms with van der Waals surface area (Å²) in [6.07, 6.45) is 4.21. The van der Waals surface area contributed by atoms with Gasteiger partial charge in [0.1, 0.15) is 22.7 Å². The lowest BCUT2D eigenvalue weighted by Gasteiger charge is -2.28. The zero-order valence-corrected chi connectivity index (χ0v) is 17.0. The quantitative estimate of drug-likeness (QED) is 0.677. The highest BCUT2D eigenvalue weighted by Gasteiger charge is 2.24. The highest BCUT2D eigenvalue weighted by Crippen LogP contribution is 2.33. The van der Waals surface area contributed by atoms with E-state index >= 15 is 0 Å². The highest BCUT2D eigenvalue weighted by atomic mass is 32.1. The van der Waals surface area contributed by atoms with Crippen molar-refractivity contribution in [1.29, 1.82) is 0 Å². The first kappa shape index (κ1) is 18.2. The summed E-state index contributed by atoms with van der Waals surface area (Å²) in [6.45, 7) is 7.43. The van der Waals surface area contributed by atoms with Gasteiger partial charge in [-0.3, -0.25) is 4.90 Å². The monoisotopic (exact) mass is 382 g/mol. The van der Waals surface area contributed by atoms with Crippen LogP contribution in [0, 0.1) is 13.8 Å². The number of fused-ring (bicyclic) bond motifs is 1. The Bertz CT molecular complexity index is 916. The van der Waals surface area contributed by atoms with Gasteiger partial charge in [-0.2, -0.15) is 0 Å². The van der Waals surface area contributed by atoms with E-state index < -0.39 is 0 Å². The maximum atomic E-state index is 5.32. The van der Waals surface area contributed by atoms with Gasteiger partial charge in [-0.25, -0.2) is 9.97 Å². The van der Waals surface area contributed by atoms with Crippen molar-refractivity contribution in [3.63, 3.8) is 0 Å². The molecule has 0 saturated carbocycles. The average Bonchev–Trinajstić information content (AvgIpc) is 3.32. The average molecular weight is 383 g/mol. The molecule has 0 amide bonds. The molecule has 1 aromatic carbocycles. The summed E-state index contributed by atoms with van der Waals surface area (Å²) in [4.78, 5) is 13.9. The molecule has 1 atom stereocenters. The van der Waals surface area contributed by atoms with Gasteiger partial charge in [-0.1, -0.05) is 12.1 Å². The molecule has 1 saturated heterocycles. The summed E-state index contributed by atoms with van der Waals surface area (Å²) in [7, 11) is 1.71. The Morgan fingerprint density at radius 2 is 1.89 bits per heavy atom. The molecule has 0 radical (unpaired) electrons. The number of hydrogen-bond acceptors (Lipinski definition) is 6. The van der Waals surface area contributed by atoms with Crippen LogP contribution in [0.3, 0.4) is 0 Å². The van der Waals surface area contributed by atoms with E-state index in [4.69, 9.17) is 4.74 Å². The maximum absolute atomic E-state index is 5.32. The SMILES string of the molecule is COc1ccc(C(CNc2ncnc3sc(C)c(C)c23)N2CCCC2)cc1. The Hall–Kier alpha value is -2.18. The number of hydrogen-bond donors (Lipinski definition) is 1. The van der Waals surface area contributed by atoms with E-state index in [9.17, 15) is 0 Å². The lowest BCUT2D eigenvalue weighted by molar-refractivity contribution is 0.255. The van der Waals surface area contributed by atoms with Crippen LogP contribution in [0.2, 0.25) is 0 Å². The molecule has 3 heterocycles. The van der Waals surface area contributed by atoms with Gasteiger partial charge in [0.05, 0.1) is 18.5 Å². The normalized spacial score (nSPS) is 16.0. The van der Waals surface area contributed by atoms with Crippen molar-refractivity contribution in [3.8, 4) is 5.75 Å². The minimum absolute atomic E-state index is 0.323. The molecule has 27 heavy (non-hydrogen) atoms. The minimum atomic E-state index is 0.323. The maximum Gasteiger partial charge on any atom is 0.138 e. The molecular weight excluding hydrogens is 356 g/mol. The molecular formula is C21H26N4OS. The number of anilines is 1. The second kappa shape index (κ2) is 7.82. The van der Waals surface area contributed by atoms with E-state index in [1.807, 2.05) is 12.1 Å². The number of aryl methyl sites for hydroxylation is 2.